The minimum Gasteiger partial charge on any atom is -0.444 e. The second-order valence-corrected chi connectivity index (χ2v) is 6.54. The van der Waals surface area contributed by atoms with Gasteiger partial charge in [0.25, 0.3) is 0 Å². The summed E-state index contributed by atoms with van der Waals surface area (Å²) in [6, 6.07) is 1.67. The van der Waals surface area contributed by atoms with Crippen molar-refractivity contribution in [2.45, 2.75) is 52.4 Å². The summed E-state index contributed by atoms with van der Waals surface area (Å²) in [5, 5.41) is 9.68. The van der Waals surface area contributed by atoms with Gasteiger partial charge >= 0.3 is 12.1 Å². The largest absolute Gasteiger partial charge is 0.444 e. The van der Waals surface area contributed by atoms with Crippen LogP contribution < -0.4 is 10.6 Å². The minimum absolute atomic E-state index is 0.247. The molecule has 8 heteroatoms. The number of hydrogen-bond donors (Lipinski definition) is 2. The van der Waals surface area contributed by atoms with Crippen molar-refractivity contribution in [2.24, 2.45) is 0 Å². The Morgan fingerprint density at radius 3 is 2.74 bits per heavy atom. The van der Waals surface area contributed by atoms with E-state index in [2.05, 4.69) is 15.7 Å². The Labute approximate surface area is 136 Å². The first-order valence-electron chi connectivity index (χ1n) is 7.77. The van der Waals surface area contributed by atoms with Crippen molar-refractivity contribution in [3.8, 4) is 0 Å². The normalized spacial score (nSPS) is 14.7. The number of fused-ring (bicyclic) bond motifs is 1. The number of hydrogen-bond acceptors (Lipinski definition) is 4. The number of rotatable bonds is 2. The zero-order valence-electron chi connectivity index (χ0n) is 14.2. The van der Waals surface area contributed by atoms with E-state index in [1.807, 2.05) is 31.5 Å². The molecular formula is C15H25N5O3. The molecule has 2 N–H and O–H groups in total. The van der Waals surface area contributed by atoms with Crippen LogP contribution in [0.5, 0.6) is 0 Å². The molecule has 0 radical (unpaired) electrons. The summed E-state index contributed by atoms with van der Waals surface area (Å²) in [4.78, 5) is 25.2. The van der Waals surface area contributed by atoms with Gasteiger partial charge in [-0.15, -0.1) is 0 Å². The first kappa shape index (κ1) is 17.1. The summed E-state index contributed by atoms with van der Waals surface area (Å²) in [5.74, 6) is 0. The Morgan fingerprint density at radius 2 is 2.09 bits per heavy atom. The van der Waals surface area contributed by atoms with Gasteiger partial charge in [0.05, 0.1) is 24.5 Å². The van der Waals surface area contributed by atoms with Crippen LogP contribution in [0.4, 0.5) is 9.59 Å². The van der Waals surface area contributed by atoms with Gasteiger partial charge in [-0.25, -0.2) is 9.59 Å². The SMILES string of the molecule is CNC(=O)NCc1cc2n(n1)CCCN(C(=O)OC(C)(C)C)C2. The molecule has 0 fully saturated rings. The summed E-state index contributed by atoms with van der Waals surface area (Å²) >= 11 is 0. The molecule has 0 aliphatic carbocycles. The van der Waals surface area contributed by atoms with Crippen LogP contribution in [-0.4, -0.2) is 46.0 Å². The third-order valence-corrected chi connectivity index (χ3v) is 3.37. The molecule has 1 aromatic rings. The molecule has 1 aromatic heterocycles. The van der Waals surface area contributed by atoms with E-state index in [9.17, 15) is 9.59 Å². The Morgan fingerprint density at radius 1 is 1.35 bits per heavy atom. The monoisotopic (exact) mass is 323 g/mol. The van der Waals surface area contributed by atoms with Crippen molar-refractivity contribution < 1.29 is 14.3 Å². The topological polar surface area (TPSA) is 88.5 Å². The summed E-state index contributed by atoms with van der Waals surface area (Å²) in [5.41, 5.74) is 1.21. The molecule has 0 spiro atoms. The van der Waals surface area contributed by atoms with Crippen LogP contribution in [0.2, 0.25) is 0 Å². The highest BCUT2D eigenvalue weighted by Crippen LogP contribution is 2.17. The van der Waals surface area contributed by atoms with Crippen molar-refractivity contribution >= 4 is 12.1 Å². The van der Waals surface area contributed by atoms with Gasteiger partial charge in [-0.3, -0.25) is 4.68 Å². The Bertz CT molecular complexity index is 576. The fraction of sp³-hybridized carbons (Fsp3) is 0.667. The molecule has 0 saturated carbocycles. The molecule has 8 nitrogen and oxygen atoms in total. The van der Waals surface area contributed by atoms with Gasteiger partial charge in [-0.2, -0.15) is 5.10 Å². The minimum atomic E-state index is -0.508. The molecule has 1 aliphatic heterocycles. The maximum atomic E-state index is 12.2. The molecule has 0 saturated heterocycles. The van der Waals surface area contributed by atoms with Gasteiger partial charge in [-0.1, -0.05) is 0 Å². The first-order chi connectivity index (χ1) is 10.8. The first-order valence-corrected chi connectivity index (χ1v) is 7.77. The van der Waals surface area contributed by atoms with Crippen LogP contribution in [-0.2, 0) is 24.4 Å². The zero-order chi connectivity index (χ0) is 17.0. The maximum absolute atomic E-state index is 12.2. The number of aryl methyl sites for hydroxylation is 1. The van der Waals surface area contributed by atoms with E-state index in [1.165, 1.54) is 0 Å². The summed E-state index contributed by atoms with van der Waals surface area (Å²) in [7, 11) is 1.57. The second kappa shape index (κ2) is 6.89. The van der Waals surface area contributed by atoms with Crippen molar-refractivity contribution in [1.29, 1.82) is 0 Å². The quantitative estimate of drug-likeness (QED) is 0.862. The molecule has 3 amide bonds. The number of carbonyl (C=O) groups excluding carboxylic acids is 2. The Balaban J connectivity index is 2.03. The Kier molecular flexibility index (Phi) is 5.12. The van der Waals surface area contributed by atoms with Gasteiger partial charge in [0.1, 0.15) is 5.60 Å². The van der Waals surface area contributed by atoms with Gasteiger partial charge in [-0.05, 0) is 33.3 Å². The van der Waals surface area contributed by atoms with Crippen LogP contribution in [0, 0.1) is 0 Å². The zero-order valence-corrected chi connectivity index (χ0v) is 14.2. The van der Waals surface area contributed by atoms with Crippen LogP contribution in [0.3, 0.4) is 0 Å². The molecule has 0 bridgehead atoms. The summed E-state index contributed by atoms with van der Waals surface area (Å²) < 4.78 is 7.33. The number of amides is 3. The lowest BCUT2D eigenvalue weighted by atomic mass is 10.2. The number of ether oxygens (including phenoxy) is 1. The van der Waals surface area contributed by atoms with E-state index in [-0.39, 0.29) is 12.1 Å². The van der Waals surface area contributed by atoms with Gasteiger partial charge in [0, 0.05) is 20.1 Å². The highest BCUT2D eigenvalue weighted by atomic mass is 16.6. The van der Waals surface area contributed by atoms with Crippen molar-refractivity contribution in [3.05, 3.63) is 17.5 Å². The van der Waals surface area contributed by atoms with Crippen molar-refractivity contribution in [2.75, 3.05) is 13.6 Å². The smallest absolute Gasteiger partial charge is 0.410 e. The molecule has 0 unspecified atom stereocenters. The van der Waals surface area contributed by atoms with E-state index < -0.39 is 5.60 Å². The highest BCUT2D eigenvalue weighted by molar-refractivity contribution is 5.73. The Hall–Kier alpha value is -2.25. The fourth-order valence-corrected chi connectivity index (χ4v) is 2.35. The molecule has 1 aliphatic rings. The molecule has 23 heavy (non-hydrogen) atoms. The molecule has 0 aromatic carbocycles. The van der Waals surface area contributed by atoms with Crippen LogP contribution in [0.1, 0.15) is 38.6 Å². The van der Waals surface area contributed by atoms with E-state index >= 15 is 0 Å². The predicted octanol–water partition coefficient (Wildman–Crippen LogP) is 1.45. The third kappa shape index (κ3) is 4.87. The lowest BCUT2D eigenvalue weighted by Crippen LogP contribution is -2.36. The summed E-state index contributed by atoms with van der Waals surface area (Å²) in [6.07, 6.45) is 0.508. The van der Waals surface area contributed by atoms with Gasteiger partial charge < -0.3 is 20.3 Å². The molecule has 0 atom stereocenters. The van der Waals surface area contributed by atoms with Crippen molar-refractivity contribution in [1.82, 2.24) is 25.3 Å². The van der Waals surface area contributed by atoms with Crippen molar-refractivity contribution in [3.63, 3.8) is 0 Å². The number of aromatic nitrogens is 2. The molecular weight excluding hydrogens is 298 g/mol. The van der Waals surface area contributed by atoms with E-state index in [0.29, 0.717) is 19.6 Å². The molecule has 128 valence electrons. The average molecular weight is 323 g/mol. The number of carbonyl (C=O) groups is 2. The van der Waals surface area contributed by atoms with E-state index in [4.69, 9.17) is 4.74 Å². The van der Waals surface area contributed by atoms with E-state index in [1.54, 1.807) is 11.9 Å². The third-order valence-electron chi connectivity index (χ3n) is 3.37. The van der Waals surface area contributed by atoms with Crippen LogP contribution >= 0.6 is 0 Å². The molecule has 2 rings (SSSR count). The number of urea groups is 1. The van der Waals surface area contributed by atoms with Crippen LogP contribution in [0.15, 0.2) is 6.07 Å². The fourth-order valence-electron chi connectivity index (χ4n) is 2.35. The molecule has 2 heterocycles. The van der Waals surface area contributed by atoms with Gasteiger partial charge in [0.2, 0.25) is 0 Å². The maximum Gasteiger partial charge on any atom is 0.410 e. The summed E-state index contributed by atoms with van der Waals surface area (Å²) in [6.45, 7) is 7.77. The predicted molar refractivity (Wildman–Crippen MR) is 84.8 cm³/mol. The highest BCUT2D eigenvalue weighted by Gasteiger charge is 2.25. The lowest BCUT2D eigenvalue weighted by molar-refractivity contribution is 0.0236. The standard InChI is InChI=1S/C15H25N5O3/c1-15(2,3)23-14(22)19-6-5-7-20-12(10-19)8-11(18-20)9-17-13(21)16-4/h8H,5-7,9-10H2,1-4H3,(H2,16,17,21). The lowest BCUT2D eigenvalue weighted by Gasteiger charge is -2.26. The van der Waals surface area contributed by atoms with E-state index in [0.717, 1.165) is 24.4 Å². The average Bonchev–Trinajstić information content (AvgIpc) is 2.73. The number of nitrogens with one attached hydrogen (secondary N) is 2. The second-order valence-electron chi connectivity index (χ2n) is 6.54. The van der Waals surface area contributed by atoms with Crippen LogP contribution in [0.25, 0.3) is 0 Å². The van der Waals surface area contributed by atoms with Gasteiger partial charge in [0.15, 0.2) is 0 Å². The number of nitrogens with zero attached hydrogens (tertiary/aromatic N) is 3.